The molecule has 1 N–H and O–H groups in total. The summed E-state index contributed by atoms with van der Waals surface area (Å²) in [6.45, 7) is 4.17. The second-order valence-corrected chi connectivity index (χ2v) is 3.32. The zero-order chi connectivity index (χ0) is 12.0. The number of ether oxygens (including phenoxy) is 2. The summed E-state index contributed by atoms with van der Waals surface area (Å²) in [5.41, 5.74) is 0.792. The highest BCUT2D eigenvalue weighted by atomic mass is 16.5. The summed E-state index contributed by atoms with van der Waals surface area (Å²) in [6.07, 6.45) is 0.605. The lowest BCUT2D eigenvalue weighted by atomic mass is 10.2. The number of hydrogen-bond acceptors (Lipinski definition) is 3. The van der Waals surface area contributed by atoms with Crippen LogP contribution in [-0.4, -0.2) is 24.8 Å². The molecule has 0 atom stereocenters. The fourth-order valence-electron chi connectivity index (χ4n) is 1.23. The van der Waals surface area contributed by atoms with E-state index in [1.807, 2.05) is 0 Å². The molecule has 0 aliphatic rings. The molecule has 0 aromatic heterocycles. The normalized spacial score (nSPS) is 9.88. The molecule has 0 saturated carbocycles. The Hall–Kier alpha value is -1.71. The summed E-state index contributed by atoms with van der Waals surface area (Å²) in [6, 6.07) is 5.32. The Kier molecular flexibility index (Phi) is 4.64. The van der Waals surface area contributed by atoms with Crippen molar-refractivity contribution in [1.82, 2.24) is 0 Å². The topological polar surface area (TPSA) is 55.8 Å². The molecule has 0 heterocycles. The fourth-order valence-corrected chi connectivity index (χ4v) is 1.23. The van der Waals surface area contributed by atoms with Crippen molar-refractivity contribution in [2.75, 3.05) is 13.7 Å². The molecule has 1 rings (SSSR count). The van der Waals surface area contributed by atoms with Gasteiger partial charge in [-0.3, -0.25) is 4.79 Å². The highest BCUT2D eigenvalue weighted by molar-refractivity contribution is 5.66. The number of carboxylic acid groups (broad SMARTS) is 1. The molecular weight excluding hydrogens is 208 g/mol. The first-order valence-electron chi connectivity index (χ1n) is 4.98. The van der Waals surface area contributed by atoms with Gasteiger partial charge in [0, 0.05) is 12.5 Å². The molecule has 0 unspecified atom stereocenters. The van der Waals surface area contributed by atoms with E-state index in [2.05, 4.69) is 6.92 Å². The van der Waals surface area contributed by atoms with Crippen LogP contribution in [0.1, 0.15) is 18.4 Å². The first-order valence-corrected chi connectivity index (χ1v) is 4.98. The third kappa shape index (κ3) is 3.81. The largest absolute Gasteiger partial charge is 0.496 e. The zero-order valence-corrected chi connectivity index (χ0v) is 9.23. The molecule has 0 saturated heterocycles. The molecule has 1 aromatic carbocycles. The van der Waals surface area contributed by atoms with Crippen molar-refractivity contribution in [1.29, 1.82) is 0 Å². The van der Waals surface area contributed by atoms with Gasteiger partial charge in [-0.25, -0.2) is 0 Å². The Balaban J connectivity index is 2.45. The van der Waals surface area contributed by atoms with Crippen LogP contribution in [0.15, 0.2) is 18.2 Å². The predicted molar refractivity (Wildman–Crippen MR) is 59.8 cm³/mol. The Morgan fingerprint density at radius 3 is 2.88 bits per heavy atom. The molecule has 87 valence electrons. The van der Waals surface area contributed by atoms with Gasteiger partial charge in [0.25, 0.3) is 0 Å². The van der Waals surface area contributed by atoms with Gasteiger partial charge in [-0.2, -0.15) is 0 Å². The maximum absolute atomic E-state index is 10.3. The Morgan fingerprint density at radius 1 is 1.50 bits per heavy atom. The number of methoxy groups -OCH3 is 1. The molecule has 0 amide bonds. The zero-order valence-electron chi connectivity index (χ0n) is 9.23. The van der Waals surface area contributed by atoms with Crippen LogP contribution >= 0.6 is 0 Å². The average Bonchev–Trinajstić information content (AvgIpc) is 2.26. The van der Waals surface area contributed by atoms with Crippen LogP contribution in [0.25, 0.3) is 0 Å². The van der Waals surface area contributed by atoms with Crippen molar-refractivity contribution in [2.45, 2.75) is 12.8 Å². The maximum atomic E-state index is 10.3. The second-order valence-electron chi connectivity index (χ2n) is 3.32. The van der Waals surface area contributed by atoms with E-state index >= 15 is 0 Å². The van der Waals surface area contributed by atoms with E-state index < -0.39 is 5.97 Å². The number of aliphatic carboxylic acids is 1. The number of rotatable bonds is 6. The molecule has 1 aromatic rings. The summed E-state index contributed by atoms with van der Waals surface area (Å²) in [5, 5.41) is 8.45. The van der Waals surface area contributed by atoms with Crippen LogP contribution < -0.4 is 9.47 Å². The quantitative estimate of drug-likeness (QED) is 0.750. The van der Waals surface area contributed by atoms with Crippen molar-refractivity contribution in [3.63, 3.8) is 0 Å². The van der Waals surface area contributed by atoms with E-state index in [1.165, 1.54) is 0 Å². The van der Waals surface area contributed by atoms with E-state index in [-0.39, 0.29) is 6.42 Å². The third-order valence-electron chi connectivity index (χ3n) is 2.06. The molecule has 0 fully saturated rings. The van der Waals surface area contributed by atoms with Gasteiger partial charge >= 0.3 is 5.97 Å². The van der Waals surface area contributed by atoms with E-state index in [1.54, 1.807) is 25.3 Å². The first kappa shape index (κ1) is 12.4. The lowest BCUT2D eigenvalue weighted by Crippen LogP contribution is -2.02. The monoisotopic (exact) mass is 223 g/mol. The third-order valence-corrected chi connectivity index (χ3v) is 2.06. The van der Waals surface area contributed by atoms with Gasteiger partial charge in [0.2, 0.25) is 0 Å². The smallest absolute Gasteiger partial charge is 0.303 e. The van der Waals surface area contributed by atoms with E-state index in [0.29, 0.717) is 24.5 Å². The van der Waals surface area contributed by atoms with Crippen LogP contribution in [-0.2, 0) is 4.79 Å². The summed E-state index contributed by atoms with van der Waals surface area (Å²) >= 11 is 0. The number of carboxylic acids is 1. The lowest BCUT2D eigenvalue weighted by Gasteiger charge is -2.08. The van der Waals surface area contributed by atoms with Crippen LogP contribution in [0.2, 0.25) is 0 Å². The molecule has 4 heteroatoms. The predicted octanol–water partition coefficient (Wildman–Crippen LogP) is 2.12. The molecule has 0 aliphatic carbocycles. The van der Waals surface area contributed by atoms with Gasteiger partial charge < -0.3 is 14.6 Å². The van der Waals surface area contributed by atoms with Crippen molar-refractivity contribution in [3.05, 3.63) is 30.7 Å². The van der Waals surface area contributed by atoms with Gasteiger partial charge in [-0.05, 0) is 25.0 Å². The Labute approximate surface area is 94.8 Å². The standard InChI is InChI=1S/C12H15O4/c1-9-5-6-10(8-11(9)15-2)16-7-3-4-12(13)14/h5-6,8H,1,3-4,7H2,2H3,(H,13,14). The van der Waals surface area contributed by atoms with Crippen LogP contribution in [0.4, 0.5) is 0 Å². The summed E-state index contributed by atoms with van der Waals surface area (Å²) in [5.74, 6) is 0.514. The molecule has 4 nitrogen and oxygen atoms in total. The molecule has 0 spiro atoms. The minimum Gasteiger partial charge on any atom is -0.496 e. The minimum atomic E-state index is -0.811. The second kappa shape index (κ2) is 6.00. The van der Waals surface area contributed by atoms with Crippen molar-refractivity contribution >= 4 is 5.97 Å². The first-order chi connectivity index (χ1) is 7.63. The highest BCUT2D eigenvalue weighted by Gasteiger charge is 2.02. The number of benzene rings is 1. The van der Waals surface area contributed by atoms with Crippen LogP contribution in [0.5, 0.6) is 11.5 Å². The van der Waals surface area contributed by atoms with Crippen molar-refractivity contribution < 1.29 is 19.4 Å². The molecule has 0 bridgehead atoms. The highest BCUT2D eigenvalue weighted by Crippen LogP contribution is 2.23. The van der Waals surface area contributed by atoms with Gasteiger partial charge in [0.15, 0.2) is 0 Å². The van der Waals surface area contributed by atoms with Crippen molar-refractivity contribution in [3.8, 4) is 11.5 Å². The Morgan fingerprint density at radius 2 is 2.25 bits per heavy atom. The van der Waals surface area contributed by atoms with E-state index in [4.69, 9.17) is 14.6 Å². The molecular formula is C12H15O4. The van der Waals surface area contributed by atoms with Crippen LogP contribution in [0, 0.1) is 6.92 Å². The maximum Gasteiger partial charge on any atom is 0.303 e. The molecule has 16 heavy (non-hydrogen) atoms. The van der Waals surface area contributed by atoms with Gasteiger partial charge in [0.1, 0.15) is 11.5 Å². The molecule has 0 aliphatic heterocycles. The van der Waals surface area contributed by atoms with Gasteiger partial charge in [-0.1, -0.05) is 6.07 Å². The van der Waals surface area contributed by atoms with Gasteiger partial charge in [0.05, 0.1) is 13.7 Å². The summed E-state index contributed by atoms with van der Waals surface area (Å²) < 4.78 is 10.5. The average molecular weight is 223 g/mol. The number of hydrogen-bond donors (Lipinski definition) is 1. The summed E-state index contributed by atoms with van der Waals surface area (Å²) in [7, 11) is 1.57. The van der Waals surface area contributed by atoms with E-state index in [9.17, 15) is 4.79 Å². The Bertz CT molecular complexity index is 360. The lowest BCUT2D eigenvalue weighted by molar-refractivity contribution is -0.137. The SMILES string of the molecule is [CH2]c1ccc(OCCCC(=O)O)cc1OC. The van der Waals surface area contributed by atoms with Crippen molar-refractivity contribution in [2.24, 2.45) is 0 Å². The molecule has 1 radical (unpaired) electrons. The van der Waals surface area contributed by atoms with E-state index in [0.717, 1.165) is 5.56 Å². The van der Waals surface area contributed by atoms with Crippen LogP contribution in [0.3, 0.4) is 0 Å². The van der Waals surface area contributed by atoms with Gasteiger partial charge in [-0.15, -0.1) is 0 Å². The summed E-state index contributed by atoms with van der Waals surface area (Å²) in [4.78, 5) is 10.3. The number of carbonyl (C=O) groups is 1. The fraction of sp³-hybridized carbons (Fsp3) is 0.333. The minimum absolute atomic E-state index is 0.116.